The van der Waals surface area contributed by atoms with Gasteiger partial charge in [0.25, 0.3) is 0 Å². The van der Waals surface area contributed by atoms with E-state index in [4.69, 9.17) is 4.74 Å². The standard InChI is InChI=1S/C15H22BrNO2/c1-3-12-6-4-5-7-17(12)10-11-8-13(16)15(18)14(9-11)19-2/h8-9,12,18H,3-7,10H2,1-2H3/t12-/m1/s1. The minimum Gasteiger partial charge on any atom is -0.503 e. The van der Waals surface area contributed by atoms with Crippen LogP contribution in [0.3, 0.4) is 0 Å². The van der Waals surface area contributed by atoms with Gasteiger partial charge in [-0.3, -0.25) is 4.90 Å². The molecule has 0 bridgehead atoms. The van der Waals surface area contributed by atoms with E-state index in [1.54, 1.807) is 7.11 Å². The number of methoxy groups -OCH3 is 1. The summed E-state index contributed by atoms with van der Waals surface area (Å²) in [6.07, 6.45) is 5.13. The highest BCUT2D eigenvalue weighted by Crippen LogP contribution is 2.36. The first-order valence-electron chi connectivity index (χ1n) is 6.95. The molecule has 3 nitrogen and oxygen atoms in total. The number of likely N-dealkylation sites (tertiary alicyclic amines) is 1. The molecule has 0 saturated carbocycles. The number of phenols is 1. The Morgan fingerprint density at radius 3 is 2.89 bits per heavy atom. The molecule has 1 aromatic carbocycles. The summed E-state index contributed by atoms with van der Waals surface area (Å²) in [5.41, 5.74) is 1.18. The zero-order chi connectivity index (χ0) is 13.8. The van der Waals surface area contributed by atoms with Crippen LogP contribution in [0.1, 0.15) is 38.2 Å². The molecule has 4 heteroatoms. The van der Waals surface area contributed by atoms with Crippen molar-refractivity contribution in [3.63, 3.8) is 0 Å². The molecule has 106 valence electrons. The third-order valence-electron chi connectivity index (χ3n) is 3.91. The van der Waals surface area contributed by atoms with Crippen molar-refractivity contribution in [3.8, 4) is 11.5 Å². The molecule has 1 aliphatic heterocycles. The van der Waals surface area contributed by atoms with Crippen molar-refractivity contribution in [1.29, 1.82) is 0 Å². The Morgan fingerprint density at radius 2 is 2.21 bits per heavy atom. The zero-order valence-electron chi connectivity index (χ0n) is 11.7. The van der Waals surface area contributed by atoms with E-state index >= 15 is 0 Å². The van der Waals surface area contributed by atoms with Gasteiger partial charge in [0.2, 0.25) is 0 Å². The van der Waals surface area contributed by atoms with Crippen LogP contribution in [-0.2, 0) is 6.54 Å². The van der Waals surface area contributed by atoms with Gasteiger partial charge in [-0.1, -0.05) is 13.3 Å². The molecule has 0 aromatic heterocycles. The third-order valence-corrected chi connectivity index (χ3v) is 4.52. The van der Waals surface area contributed by atoms with E-state index in [2.05, 4.69) is 27.8 Å². The Bertz CT molecular complexity index is 436. The van der Waals surface area contributed by atoms with Gasteiger partial charge in [-0.25, -0.2) is 0 Å². The molecule has 2 rings (SSSR count). The Hall–Kier alpha value is -0.740. The minimum atomic E-state index is 0.178. The van der Waals surface area contributed by atoms with Crippen LogP contribution in [0.2, 0.25) is 0 Å². The van der Waals surface area contributed by atoms with Crippen LogP contribution in [0.15, 0.2) is 16.6 Å². The molecule has 1 aliphatic rings. The van der Waals surface area contributed by atoms with E-state index < -0.39 is 0 Å². The number of hydrogen-bond donors (Lipinski definition) is 1. The lowest BCUT2D eigenvalue weighted by Crippen LogP contribution is -2.38. The molecule has 19 heavy (non-hydrogen) atoms. The number of aromatic hydroxyl groups is 1. The lowest BCUT2D eigenvalue weighted by Gasteiger charge is -2.35. The van der Waals surface area contributed by atoms with E-state index in [0.717, 1.165) is 6.54 Å². The number of rotatable bonds is 4. The summed E-state index contributed by atoms with van der Waals surface area (Å²) < 4.78 is 5.91. The average Bonchev–Trinajstić information content (AvgIpc) is 2.43. The fourth-order valence-corrected chi connectivity index (χ4v) is 3.33. The number of hydrogen-bond acceptors (Lipinski definition) is 3. The molecule has 0 amide bonds. The first-order chi connectivity index (χ1) is 9.15. The predicted octanol–water partition coefficient (Wildman–Crippen LogP) is 3.93. The highest BCUT2D eigenvalue weighted by Gasteiger charge is 2.21. The van der Waals surface area contributed by atoms with Gasteiger partial charge in [-0.15, -0.1) is 0 Å². The van der Waals surface area contributed by atoms with Crippen LogP contribution in [0, 0.1) is 0 Å². The average molecular weight is 328 g/mol. The second-order valence-corrected chi connectivity index (χ2v) is 6.01. The van der Waals surface area contributed by atoms with Crippen LogP contribution in [0.4, 0.5) is 0 Å². The quantitative estimate of drug-likeness (QED) is 0.909. The number of phenolic OH excluding ortho intramolecular Hbond substituents is 1. The fraction of sp³-hybridized carbons (Fsp3) is 0.600. The van der Waals surface area contributed by atoms with Crippen molar-refractivity contribution >= 4 is 15.9 Å². The Morgan fingerprint density at radius 1 is 1.42 bits per heavy atom. The van der Waals surface area contributed by atoms with E-state index in [1.165, 1.54) is 37.8 Å². The number of halogens is 1. The summed E-state index contributed by atoms with van der Waals surface area (Å²) in [6.45, 7) is 4.35. The summed E-state index contributed by atoms with van der Waals surface area (Å²) in [5, 5.41) is 9.84. The molecule has 0 spiro atoms. The molecule has 0 aliphatic carbocycles. The normalized spacial score (nSPS) is 20.5. The summed E-state index contributed by atoms with van der Waals surface area (Å²) in [7, 11) is 1.58. The SMILES string of the molecule is CC[C@@H]1CCCCN1Cc1cc(Br)c(O)c(OC)c1. The molecule has 1 atom stereocenters. The number of ether oxygens (including phenoxy) is 1. The molecular weight excluding hydrogens is 306 g/mol. The van der Waals surface area contributed by atoms with E-state index in [-0.39, 0.29) is 5.75 Å². The first-order valence-corrected chi connectivity index (χ1v) is 7.74. The molecule has 1 heterocycles. The highest BCUT2D eigenvalue weighted by atomic mass is 79.9. The predicted molar refractivity (Wildman–Crippen MR) is 80.7 cm³/mol. The van der Waals surface area contributed by atoms with Crippen LogP contribution >= 0.6 is 15.9 Å². The summed E-state index contributed by atoms with van der Waals surface area (Å²) >= 11 is 3.39. The van der Waals surface area contributed by atoms with Crippen LogP contribution in [-0.4, -0.2) is 29.7 Å². The number of nitrogens with zero attached hydrogens (tertiary/aromatic N) is 1. The van der Waals surface area contributed by atoms with Gasteiger partial charge in [0, 0.05) is 12.6 Å². The van der Waals surface area contributed by atoms with Crippen molar-refractivity contribution in [2.45, 2.75) is 45.2 Å². The zero-order valence-corrected chi connectivity index (χ0v) is 13.2. The molecule has 1 saturated heterocycles. The van der Waals surface area contributed by atoms with Crippen molar-refractivity contribution in [1.82, 2.24) is 4.90 Å². The second kappa shape index (κ2) is 6.62. The first kappa shape index (κ1) is 14.7. The molecule has 1 fully saturated rings. The maximum atomic E-state index is 9.84. The highest BCUT2D eigenvalue weighted by molar-refractivity contribution is 9.10. The van der Waals surface area contributed by atoms with Gasteiger partial charge in [0.1, 0.15) is 0 Å². The van der Waals surface area contributed by atoms with Gasteiger partial charge >= 0.3 is 0 Å². The number of piperidine rings is 1. The summed E-state index contributed by atoms with van der Waals surface area (Å²) in [5.74, 6) is 0.714. The lowest BCUT2D eigenvalue weighted by atomic mass is 9.99. The van der Waals surface area contributed by atoms with E-state index in [0.29, 0.717) is 16.3 Å². The monoisotopic (exact) mass is 327 g/mol. The van der Waals surface area contributed by atoms with Gasteiger partial charge in [0.15, 0.2) is 11.5 Å². The molecule has 1 N–H and O–H groups in total. The van der Waals surface area contributed by atoms with Gasteiger partial charge in [-0.2, -0.15) is 0 Å². The van der Waals surface area contributed by atoms with Crippen molar-refractivity contribution in [2.75, 3.05) is 13.7 Å². The van der Waals surface area contributed by atoms with Crippen LogP contribution < -0.4 is 4.74 Å². The van der Waals surface area contributed by atoms with Gasteiger partial charge < -0.3 is 9.84 Å². The Kier molecular flexibility index (Phi) is 5.11. The van der Waals surface area contributed by atoms with Crippen molar-refractivity contribution in [2.24, 2.45) is 0 Å². The Balaban J connectivity index is 2.16. The largest absolute Gasteiger partial charge is 0.503 e. The van der Waals surface area contributed by atoms with Crippen molar-refractivity contribution < 1.29 is 9.84 Å². The molecular formula is C15H22BrNO2. The maximum Gasteiger partial charge on any atom is 0.172 e. The lowest BCUT2D eigenvalue weighted by molar-refractivity contribution is 0.136. The molecule has 0 unspecified atom stereocenters. The van der Waals surface area contributed by atoms with Crippen molar-refractivity contribution in [3.05, 3.63) is 22.2 Å². The van der Waals surface area contributed by atoms with Crippen LogP contribution in [0.25, 0.3) is 0 Å². The third kappa shape index (κ3) is 3.42. The van der Waals surface area contributed by atoms with Gasteiger partial charge in [-0.05, 0) is 59.4 Å². The van der Waals surface area contributed by atoms with Gasteiger partial charge in [0.05, 0.1) is 11.6 Å². The van der Waals surface area contributed by atoms with E-state index in [9.17, 15) is 5.11 Å². The van der Waals surface area contributed by atoms with E-state index in [1.807, 2.05) is 12.1 Å². The maximum absolute atomic E-state index is 9.84. The van der Waals surface area contributed by atoms with Crippen LogP contribution in [0.5, 0.6) is 11.5 Å². The molecule has 0 radical (unpaired) electrons. The second-order valence-electron chi connectivity index (χ2n) is 5.16. The fourth-order valence-electron chi connectivity index (χ4n) is 2.84. The minimum absolute atomic E-state index is 0.178. The number of benzene rings is 1. The molecule has 1 aromatic rings. The summed E-state index contributed by atoms with van der Waals surface area (Å²) in [6, 6.07) is 4.60. The topological polar surface area (TPSA) is 32.7 Å². The Labute approximate surface area is 123 Å². The smallest absolute Gasteiger partial charge is 0.172 e. The summed E-state index contributed by atoms with van der Waals surface area (Å²) in [4.78, 5) is 2.54.